The molecular formula is C13H11FN4. The second kappa shape index (κ2) is 5.73. The van der Waals surface area contributed by atoms with Crippen LogP contribution in [0.3, 0.4) is 0 Å². The predicted molar refractivity (Wildman–Crippen MR) is 65.7 cm³/mol. The molecule has 0 saturated carbocycles. The summed E-state index contributed by atoms with van der Waals surface area (Å²) in [7, 11) is 0. The van der Waals surface area contributed by atoms with Crippen molar-refractivity contribution in [1.29, 1.82) is 5.26 Å². The van der Waals surface area contributed by atoms with Crippen LogP contribution in [0.15, 0.2) is 42.7 Å². The molecule has 2 aromatic rings. The van der Waals surface area contributed by atoms with E-state index in [1.54, 1.807) is 4.90 Å². The van der Waals surface area contributed by atoms with Crippen molar-refractivity contribution in [1.82, 2.24) is 9.97 Å². The lowest BCUT2D eigenvalue weighted by Crippen LogP contribution is -2.19. The van der Waals surface area contributed by atoms with Gasteiger partial charge in [0.15, 0.2) is 0 Å². The fourth-order valence-electron chi connectivity index (χ4n) is 1.62. The summed E-state index contributed by atoms with van der Waals surface area (Å²) in [6.45, 7) is 0.455. The van der Waals surface area contributed by atoms with Crippen molar-refractivity contribution >= 4 is 11.5 Å². The second-order valence-electron chi connectivity index (χ2n) is 3.59. The summed E-state index contributed by atoms with van der Waals surface area (Å²) in [6, 6.07) is 12.8. The minimum Gasteiger partial charge on any atom is -0.325 e. The number of nitrogens with zero attached hydrogens (tertiary/aromatic N) is 4. The number of rotatable bonds is 4. The minimum absolute atomic E-state index is 0.334. The van der Waals surface area contributed by atoms with Gasteiger partial charge in [-0.1, -0.05) is 18.2 Å². The molecule has 90 valence electrons. The molecule has 0 spiro atoms. The van der Waals surface area contributed by atoms with Crippen LogP contribution < -0.4 is 4.90 Å². The molecule has 0 N–H and O–H groups in total. The average molecular weight is 242 g/mol. The Morgan fingerprint density at radius 1 is 1.22 bits per heavy atom. The van der Waals surface area contributed by atoms with Crippen LogP contribution in [0.25, 0.3) is 0 Å². The summed E-state index contributed by atoms with van der Waals surface area (Å²) in [6.07, 6.45) is 1.51. The van der Waals surface area contributed by atoms with Gasteiger partial charge >= 0.3 is 0 Å². The molecule has 0 aliphatic carbocycles. The Balaban J connectivity index is 2.34. The first-order valence-corrected chi connectivity index (χ1v) is 5.48. The first kappa shape index (κ1) is 12.0. The molecule has 5 heteroatoms. The molecule has 4 nitrogen and oxygen atoms in total. The molecule has 0 aliphatic rings. The lowest BCUT2D eigenvalue weighted by molar-refractivity contribution is 0.579. The SMILES string of the molecule is N#CCCN(c1ccccc1)c1cc(F)ncn1. The van der Waals surface area contributed by atoms with E-state index in [9.17, 15) is 4.39 Å². The van der Waals surface area contributed by atoms with E-state index in [1.165, 1.54) is 12.4 Å². The summed E-state index contributed by atoms with van der Waals surface area (Å²) in [4.78, 5) is 9.25. The van der Waals surface area contributed by atoms with Crippen LogP contribution in [0.5, 0.6) is 0 Å². The maximum Gasteiger partial charge on any atom is 0.218 e. The lowest BCUT2D eigenvalue weighted by atomic mass is 10.2. The highest BCUT2D eigenvalue weighted by atomic mass is 19.1. The van der Waals surface area contributed by atoms with E-state index in [0.717, 1.165) is 5.69 Å². The molecule has 0 saturated heterocycles. The predicted octanol–water partition coefficient (Wildman–Crippen LogP) is 2.67. The third-order valence-corrected chi connectivity index (χ3v) is 2.41. The Kier molecular flexibility index (Phi) is 3.82. The Labute approximate surface area is 104 Å². The first-order valence-electron chi connectivity index (χ1n) is 5.48. The number of benzene rings is 1. The van der Waals surface area contributed by atoms with Gasteiger partial charge < -0.3 is 4.90 Å². The maximum atomic E-state index is 13.1. The molecule has 0 fully saturated rings. The van der Waals surface area contributed by atoms with Crippen molar-refractivity contribution in [2.75, 3.05) is 11.4 Å². The third kappa shape index (κ3) is 2.80. The normalized spacial score (nSPS) is 9.78. The molecule has 1 heterocycles. The Bertz CT molecular complexity index is 550. The van der Waals surface area contributed by atoms with Gasteiger partial charge in [-0.25, -0.2) is 9.97 Å². The van der Waals surface area contributed by atoms with E-state index >= 15 is 0 Å². The number of halogens is 1. The van der Waals surface area contributed by atoms with Gasteiger partial charge in [0.05, 0.1) is 12.5 Å². The fourth-order valence-corrected chi connectivity index (χ4v) is 1.62. The van der Waals surface area contributed by atoms with Gasteiger partial charge in [-0.2, -0.15) is 9.65 Å². The summed E-state index contributed by atoms with van der Waals surface area (Å²) >= 11 is 0. The number of anilines is 2. The van der Waals surface area contributed by atoms with Crippen LogP contribution in [-0.4, -0.2) is 16.5 Å². The minimum atomic E-state index is -0.585. The van der Waals surface area contributed by atoms with Gasteiger partial charge in [-0.15, -0.1) is 0 Å². The van der Waals surface area contributed by atoms with E-state index in [4.69, 9.17) is 5.26 Å². The van der Waals surface area contributed by atoms with Gasteiger partial charge in [0.1, 0.15) is 12.1 Å². The first-order chi connectivity index (χ1) is 8.81. The Hall–Kier alpha value is -2.48. The van der Waals surface area contributed by atoms with Crippen LogP contribution in [-0.2, 0) is 0 Å². The van der Waals surface area contributed by atoms with Gasteiger partial charge in [0, 0.05) is 18.3 Å². The van der Waals surface area contributed by atoms with Crippen molar-refractivity contribution < 1.29 is 4.39 Å². The summed E-state index contributed by atoms with van der Waals surface area (Å²) in [5.74, 6) is -0.137. The second-order valence-corrected chi connectivity index (χ2v) is 3.59. The number of para-hydroxylation sites is 1. The van der Waals surface area contributed by atoms with Crippen LogP contribution in [0.4, 0.5) is 15.9 Å². The molecule has 2 rings (SSSR count). The highest BCUT2D eigenvalue weighted by molar-refractivity contribution is 5.59. The zero-order chi connectivity index (χ0) is 12.8. The molecule has 0 aliphatic heterocycles. The number of hydrogen-bond donors (Lipinski definition) is 0. The van der Waals surface area contributed by atoms with E-state index < -0.39 is 5.95 Å². The molecule has 0 unspecified atom stereocenters. The molecule has 0 radical (unpaired) electrons. The van der Waals surface area contributed by atoms with Crippen LogP contribution >= 0.6 is 0 Å². The molecule has 1 aromatic heterocycles. The highest BCUT2D eigenvalue weighted by Gasteiger charge is 2.10. The van der Waals surface area contributed by atoms with E-state index in [1.807, 2.05) is 30.3 Å². The van der Waals surface area contributed by atoms with Gasteiger partial charge in [-0.3, -0.25) is 0 Å². The Morgan fingerprint density at radius 2 is 2.00 bits per heavy atom. The smallest absolute Gasteiger partial charge is 0.218 e. The zero-order valence-electron chi connectivity index (χ0n) is 9.62. The van der Waals surface area contributed by atoms with Gasteiger partial charge in [-0.05, 0) is 12.1 Å². The van der Waals surface area contributed by atoms with Gasteiger partial charge in [0.2, 0.25) is 5.95 Å². The fraction of sp³-hybridized carbons (Fsp3) is 0.154. The van der Waals surface area contributed by atoms with Gasteiger partial charge in [0.25, 0.3) is 0 Å². The zero-order valence-corrected chi connectivity index (χ0v) is 9.62. The number of hydrogen-bond acceptors (Lipinski definition) is 4. The van der Waals surface area contributed by atoms with Crippen LogP contribution in [0.1, 0.15) is 6.42 Å². The molecule has 1 aromatic carbocycles. The third-order valence-electron chi connectivity index (χ3n) is 2.41. The highest BCUT2D eigenvalue weighted by Crippen LogP contribution is 2.23. The summed E-state index contributed by atoms with van der Waals surface area (Å²) in [5.41, 5.74) is 0.867. The van der Waals surface area contributed by atoms with Crippen molar-refractivity contribution in [2.24, 2.45) is 0 Å². The molecule has 0 atom stereocenters. The molecular weight excluding hydrogens is 231 g/mol. The summed E-state index contributed by atoms with van der Waals surface area (Å²) < 4.78 is 13.1. The molecule has 0 amide bonds. The van der Waals surface area contributed by atoms with Crippen molar-refractivity contribution in [2.45, 2.75) is 6.42 Å². The summed E-state index contributed by atoms with van der Waals surface area (Å²) in [5, 5.41) is 8.68. The van der Waals surface area contributed by atoms with Crippen molar-refractivity contribution in [3.8, 4) is 6.07 Å². The lowest BCUT2D eigenvalue weighted by Gasteiger charge is -2.22. The molecule has 0 bridgehead atoms. The number of nitriles is 1. The monoisotopic (exact) mass is 242 g/mol. The van der Waals surface area contributed by atoms with Crippen LogP contribution in [0.2, 0.25) is 0 Å². The van der Waals surface area contributed by atoms with Crippen LogP contribution in [0, 0.1) is 17.3 Å². The molecule has 18 heavy (non-hydrogen) atoms. The number of aromatic nitrogens is 2. The quantitative estimate of drug-likeness (QED) is 0.773. The standard InChI is InChI=1S/C13H11FN4/c14-12-9-13(17-10-16-12)18(8-4-7-15)11-5-2-1-3-6-11/h1-3,5-6,9-10H,4,8H2. The van der Waals surface area contributed by atoms with Crippen molar-refractivity contribution in [3.05, 3.63) is 48.7 Å². The van der Waals surface area contributed by atoms with E-state index in [0.29, 0.717) is 18.8 Å². The van der Waals surface area contributed by atoms with E-state index in [2.05, 4.69) is 16.0 Å². The largest absolute Gasteiger partial charge is 0.325 e. The van der Waals surface area contributed by atoms with E-state index in [-0.39, 0.29) is 0 Å². The maximum absolute atomic E-state index is 13.1. The topological polar surface area (TPSA) is 52.8 Å². The average Bonchev–Trinajstić information content (AvgIpc) is 2.40. The Morgan fingerprint density at radius 3 is 2.67 bits per heavy atom. The van der Waals surface area contributed by atoms with Crippen molar-refractivity contribution in [3.63, 3.8) is 0 Å².